The van der Waals surface area contributed by atoms with Gasteiger partial charge in [-0.15, -0.1) is 0 Å². The first-order valence-electron chi connectivity index (χ1n) is 7.11. The van der Waals surface area contributed by atoms with E-state index in [4.69, 9.17) is 4.74 Å². The molecule has 1 N–H and O–H groups in total. The minimum Gasteiger partial charge on any atom is -0.493 e. The Morgan fingerprint density at radius 1 is 1.35 bits per heavy atom. The van der Waals surface area contributed by atoms with Gasteiger partial charge in [0.1, 0.15) is 5.75 Å². The van der Waals surface area contributed by atoms with E-state index < -0.39 is 5.60 Å². The van der Waals surface area contributed by atoms with Crippen molar-refractivity contribution in [1.29, 1.82) is 0 Å². The minimum absolute atomic E-state index is 0.202. The lowest BCUT2D eigenvalue weighted by atomic mass is 9.79. The van der Waals surface area contributed by atoms with E-state index in [1.165, 1.54) is 5.56 Å². The summed E-state index contributed by atoms with van der Waals surface area (Å²) in [6.07, 6.45) is 2.51. The normalized spacial score (nSPS) is 28.0. The molecular weight excluding hydrogens is 336 g/mol. The van der Waals surface area contributed by atoms with Gasteiger partial charge in [0.15, 0.2) is 0 Å². The average Bonchev–Trinajstić information content (AvgIpc) is 2.74. The van der Waals surface area contributed by atoms with Crippen LogP contribution in [0.2, 0.25) is 0 Å². The fourth-order valence-electron chi connectivity index (χ4n) is 3.46. The summed E-state index contributed by atoms with van der Waals surface area (Å²) in [5.74, 6) is 2.95. The molecule has 0 spiro atoms. The van der Waals surface area contributed by atoms with Gasteiger partial charge in [-0.3, -0.25) is 0 Å². The zero-order valence-corrected chi connectivity index (χ0v) is 14.4. The molecule has 0 aliphatic carbocycles. The number of rotatable bonds is 2. The smallest absolute Gasteiger partial charge is 0.125 e. The molecule has 0 aromatic heterocycles. The number of hydrogen-bond acceptors (Lipinski definition) is 3. The summed E-state index contributed by atoms with van der Waals surface area (Å²) in [6.45, 7) is 5.25. The standard InChI is InChI=1S/C16H21BrO2S/c1-15(2)8-16(18,10-20-9-15)7-12-6-13(17)5-11-3-4-19-14(11)12/h5-6,18H,3-4,7-10H2,1-2H3. The Labute approximate surface area is 133 Å². The van der Waals surface area contributed by atoms with Crippen molar-refractivity contribution < 1.29 is 9.84 Å². The highest BCUT2D eigenvalue weighted by molar-refractivity contribution is 9.10. The van der Waals surface area contributed by atoms with Gasteiger partial charge in [0, 0.05) is 23.1 Å². The highest BCUT2D eigenvalue weighted by Gasteiger charge is 2.39. The molecule has 1 fully saturated rings. The second kappa shape index (κ2) is 5.22. The molecule has 1 saturated heterocycles. The molecule has 0 amide bonds. The van der Waals surface area contributed by atoms with Crippen molar-refractivity contribution in [3.05, 3.63) is 27.7 Å². The van der Waals surface area contributed by atoms with Crippen LogP contribution in [-0.2, 0) is 12.8 Å². The van der Waals surface area contributed by atoms with Crippen molar-refractivity contribution in [2.45, 2.75) is 38.7 Å². The molecule has 1 aromatic carbocycles. The number of benzene rings is 1. The highest BCUT2D eigenvalue weighted by Crippen LogP contribution is 2.43. The van der Waals surface area contributed by atoms with Gasteiger partial charge in [-0.05, 0) is 40.8 Å². The molecule has 1 aromatic rings. The molecule has 2 nitrogen and oxygen atoms in total. The summed E-state index contributed by atoms with van der Waals surface area (Å²) in [4.78, 5) is 0. The molecule has 2 aliphatic heterocycles. The van der Waals surface area contributed by atoms with Crippen molar-refractivity contribution in [1.82, 2.24) is 0 Å². The summed E-state index contributed by atoms with van der Waals surface area (Å²) < 4.78 is 6.87. The van der Waals surface area contributed by atoms with Gasteiger partial charge in [0.25, 0.3) is 0 Å². The maximum absolute atomic E-state index is 11.0. The van der Waals surface area contributed by atoms with Gasteiger partial charge in [0.05, 0.1) is 12.2 Å². The van der Waals surface area contributed by atoms with Crippen LogP contribution in [0.1, 0.15) is 31.4 Å². The van der Waals surface area contributed by atoms with Crippen LogP contribution in [0.4, 0.5) is 0 Å². The number of halogens is 1. The lowest BCUT2D eigenvalue weighted by Crippen LogP contribution is -2.44. The van der Waals surface area contributed by atoms with E-state index in [0.717, 1.165) is 46.7 Å². The van der Waals surface area contributed by atoms with Gasteiger partial charge in [0.2, 0.25) is 0 Å². The molecule has 0 bridgehead atoms. The zero-order valence-electron chi connectivity index (χ0n) is 12.0. The second-order valence-electron chi connectivity index (χ2n) is 6.89. The maximum Gasteiger partial charge on any atom is 0.125 e. The van der Waals surface area contributed by atoms with Crippen LogP contribution >= 0.6 is 27.7 Å². The van der Waals surface area contributed by atoms with E-state index >= 15 is 0 Å². The van der Waals surface area contributed by atoms with Crippen molar-refractivity contribution in [3.8, 4) is 5.75 Å². The predicted molar refractivity (Wildman–Crippen MR) is 87.7 cm³/mol. The summed E-state index contributed by atoms with van der Waals surface area (Å²) in [6, 6.07) is 4.24. The molecule has 20 heavy (non-hydrogen) atoms. The molecule has 1 unspecified atom stereocenters. The molecule has 110 valence electrons. The number of hydrogen-bond donors (Lipinski definition) is 1. The molecule has 2 heterocycles. The predicted octanol–water partition coefficient (Wildman–Crippen LogP) is 3.82. The van der Waals surface area contributed by atoms with Crippen LogP contribution in [0.5, 0.6) is 5.75 Å². The third kappa shape index (κ3) is 3.02. The van der Waals surface area contributed by atoms with Gasteiger partial charge in [-0.2, -0.15) is 11.8 Å². The second-order valence-corrected chi connectivity index (χ2v) is 8.79. The van der Waals surface area contributed by atoms with E-state index in [9.17, 15) is 5.11 Å². The largest absolute Gasteiger partial charge is 0.493 e. The lowest BCUT2D eigenvalue weighted by Gasteiger charge is -2.41. The van der Waals surface area contributed by atoms with Gasteiger partial charge >= 0.3 is 0 Å². The average molecular weight is 357 g/mol. The third-order valence-corrected chi connectivity index (χ3v) is 6.20. The van der Waals surface area contributed by atoms with E-state index in [0.29, 0.717) is 6.42 Å². The van der Waals surface area contributed by atoms with Crippen molar-refractivity contribution in [2.24, 2.45) is 5.41 Å². The van der Waals surface area contributed by atoms with E-state index in [2.05, 4.69) is 41.9 Å². The third-order valence-electron chi connectivity index (χ3n) is 4.02. The van der Waals surface area contributed by atoms with E-state index in [1.807, 2.05) is 11.8 Å². The summed E-state index contributed by atoms with van der Waals surface area (Å²) in [5.41, 5.74) is 1.99. The Hall–Kier alpha value is -0.190. The van der Waals surface area contributed by atoms with Crippen molar-refractivity contribution >= 4 is 27.7 Å². The van der Waals surface area contributed by atoms with Crippen LogP contribution in [0, 0.1) is 5.41 Å². The maximum atomic E-state index is 11.0. The van der Waals surface area contributed by atoms with Crippen molar-refractivity contribution in [3.63, 3.8) is 0 Å². The van der Waals surface area contributed by atoms with Gasteiger partial charge in [-0.25, -0.2) is 0 Å². The summed E-state index contributed by atoms with van der Waals surface area (Å²) >= 11 is 5.44. The Morgan fingerprint density at radius 2 is 2.15 bits per heavy atom. The number of aliphatic hydroxyl groups is 1. The topological polar surface area (TPSA) is 29.5 Å². The first-order valence-corrected chi connectivity index (χ1v) is 9.06. The lowest BCUT2D eigenvalue weighted by molar-refractivity contribution is 0.0195. The van der Waals surface area contributed by atoms with E-state index in [-0.39, 0.29) is 5.41 Å². The SMILES string of the molecule is CC1(C)CSCC(O)(Cc2cc(Br)cc3c2OCC3)C1. The van der Waals surface area contributed by atoms with E-state index in [1.54, 1.807) is 0 Å². The first-order chi connectivity index (χ1) is 9.37. The molecule has 0 radical (unpaired) electrons. The molecule has 0 saturated carbocycles. The van der Waals surface area contributed by atoms with Crippen LogP contribution in [-0.4, -0.2) is 28.8 Å². The monoisotopic (exact) mass is 356 g/mol. The first kappa shape index (κ1) is 14.7. The molecule has 4 heteroatoms. The fraction of sp³-hybridized carbons (Fsp3) is 0.625. The van der Waals surface area contributed by atoms with Crippen LogP contribution in [0.3, 0.4) is 0 Å². The van der Waals surface area contributed by atoms with Crippen LogP contribution < -0.4 is 4.74 Å². The quantitative estimate of drug-likeness (QED) is 0.873. The number of ether oxygens (including phenoxy) is 1. The fourth-order valence-corrected chi connectivity index (χ4v) is 5.35. The van der Waals surface area contributed by atoms with Crippen LogP contribution in [0.25, 0.3) is 0 Å². The molecule has 1 atom stereocenters. The Balaban J connectivity index is 1.88. The number of fused-ring (bicyclic) bond motifs is 1. The van der Waals surface area contributed by atoms with Crippen molar-refractivity contribution in [2.75, 3.05) is 18.1 Å². The van der Waals surface area contributed by atoms with Gasteiger partial charge < -0.3 is 9.84 Å². The molecule has 2 aliphatic rings. The number of thioether (sulfide) groups is 1. The van der Waals surface area contributed by atoms with Crippen LogP contribution in [0.15, 0.2) is 16.6 Å². The zero-order chi connectivity index (χ0) is 14.4. The highest BCUT2D eigenvalue weighted by atomic mass is 79.9. The Bertz CT molecular complexity index is 529. The summed E-state index contributed by atoms with van der Waals surface area (Å²) in [7, 11) is 0. The Morgan fingerprint density at radius 3 is 2.90 bits per heavy atom. The van der Waals surface area contributed by atoms with Gasteiger partial charge in [-0.1, -0.05) is 29.8 Å². The summed E-state index contributed by atoms with van der Waals surface area (Å²) in [5, 5.41) is 11.0. The Kier molecular flexibility index (Phi) is 3.85. The molecule has 3 rings (SSSR count). The molecular formula is C16H21BrO2S. The minimum atomic E-state index is -0.618.